The monoisotopic (exact) mass is 217 g/mol. The first-order chi connectivity index (χ1) is 6.93. The van der Waals surface area contributed by atoms with Gasteiger partial charge in [-0.05, 0) is 26.2 Å². The molecule has 0 aliphatic carbocycles. The molecule has 1 saturated heterocycles. The summed E-state index contributed by atoms with van der Waals surface area (Å²) in [5, 5.41) is 21.2. The van der Waals surface area contributed by atoms with Crippen molar-refractivity contribution < 1.29 is 19.7 Å². The average molecular weight is 217 g/mol. The van der Waals surface area contributed by atoms with Gasteiger partial charge in [0.15, 0.2) is 5.60 Å². The molecule has 0 bridgehead atoms. The number of ether oxygens (including phenoxy) is 1. The average Bonchev–Trinajstić information content (AvgIpc) is 2.66. The number of carbonyl (C=O) groups is 1. The van der Waals surface area contributed by atoms with Gasteiger partial charge in [0.05, 0.1) is 6.61 Å². The van der Waals surface area contributed by atoms with Gasteiger partial charge in [0, 0.05) is 19.2 Å². The fourth-order valence-electron chi connectivity index (χ4n) is 1.55. The van der Waals surface area contributed by atoms with E-state index >= 15 is 0 Å². The number of aliphatic carboxylic acids is 1. The van der Waals surface area contributed by atoms with Gasteiger partial charge in [-0.3, -0.25) is 0 Å². The van der Waals surface area contributed by atoms with E-state index in [1.165, 1.54) is 6.92 Å². The molecule has 1 heterocycles. The summed E-state index contributed by atoms with van der Waals surface area (Å²) in [6, 6.07) is 0.165. The van der Waals surface area contributed by atoms with Gasteiger partial charge < -0.3 is 20.3 Å². The Labute approximate surface area is 89.4 Å². The molecule has 0 amide bonds. The van der Waals surface area contributed by atoms with E-state index in [9.17, 15) is 9.90 Å². The summed E-state index contributed by atoms with van der Waals surface area (Å²) in [5.41, 5.74) is -1.70. The van der Waals surface area contributed by atoms with Crippen molar-refractivity contribution in [3.63, 3.8) is 0 Å². The van der Waals surface area contributed by atoms with E-state index in [-0.39, 0.29) is 12.6 Å². The van der Waals surface area contributed by atoms with E-state index in [2.05, 4.69) is 5.32 Å². The van der Waals surface area contributed by atoms with Crippen molar-refractivity contribution in [3.05, 3.63) is 0 Å². The molecule has 5 heteroatoms. The fraction of sp³-hybridized carbons (Fsp3) is 0.900. The first-order valence-corrected chi connectivity index (χ1v) is 5.20. The lowest BCUT2D eigenvalue weighted by Gasteiger charge is -2.24. The Bertz CT molecular complexity index is 223. The SMILES string of the molecule is CC(NCC(C)(O)C(=O)O)C1CCOC1. The molecular formula is C10H19NO4. The Morgan fingerprint density at radius 3 is 2.87 bits per heavy atom. The molecule has 3 unspecified atom stereocenters. The zero-order chi connectivity index (χ0) is 11.5. The molecule has 15 heavy (non-hydrogen) atoms. The predicted octanol–water partition coefficient (Wildman–Crippen LogP) is -0.163. The maximum Gasteiger partial charge on any atom is 0.336 e. The lowest BCUT2D eigenvalue weighted by molar-refractivity contribution is -0.156. The molecular weight excluding hydrogens is 198 g/mol. The van der Waals surface area contributed by atoms with E-state index < -0.39 is 11.6 Å². The topological polar surface area (TPSA) is 78.8 Å². The van der Waals surface area contributed by atoms with Gasteiger partial charge >= 0.3 is 5.97 Å². The van der Waals surface area contributed by atoms with Gasteiger partial charge in [0.25, 0.3) is 0 Å². The second-order valence-electron chi connectivity index (χ2n) is 4.37. The Balaban J connectivity index is 2.32. The van der Waals surface area contributed by atoms with Gasteiger partial charge in [-0.1, -0.05) is 0 Å². The van der Waals surface area contributed by atoms with Crippen LogP contribution in [0.5, 0.6) is 0 Å². The van der Waals surface area contributed by atoms with Crippen molar-refractivity contribution in [1.82, 2.24) is 5.32 Å². The maximum atomic E-state index is 10.6. The van der Waals surface area contributed by atoms with Crippen LogP contribution in [0.15, 0.2) is 0 Å². The highest BCUT2D eigenvalue weighted by atomic mass is 16.5. The number of carboxylic acids is 1. The van der Waals surface area contributed by atoms with Crippen LogP contribution in [-0.2, 0) is 9.53 Å². The smallest absolute Gasteiger partial charge is 0.336 e. The van der Waals surface area contributed by atoms with Gasteiger partial charge in [-0.15, -0.1) is 0 Å². The zero-order valence-corrected chi connectivity index (χ0v) is 9.19. The molecule has 0 aromatic heterocycles. The van der Waals surface area contributed by atoms with Crippen LogP contribution in [0.4, 0.5) is 0 Å². The van der Waals surface area contributed by atoms with Crippen LogP contribution < -0.4 is 5.32 Å². The summed E-state index contributed by atoms with van der Waals surface area (Å²) in [4.78, 5) is 10.6. The molecule has 3 N–H and O–H groups in total. The number of aliphatic hydroxyl groups is 1. The molecule has 0 spiro atoms. The van der Waals surface area contributed by atoms with Gasteiger partial charge in [-0.25, -0.2) is 4.79 Å². The zero-order valence-electron chi connectivity index (χ0n) is 9.19. The largest absolute Gasteiger partial charge is 0.479 e. The highest BCUT2D eigenvalue weighted by Gasteiger charge is 2.31. The Kier molecular flexibility index (Phi) is 4.07. The number of hydrogen-bond donors (Lipinski definition) is 3. The molecule has 1 fully saturated rings. The Hall–Kier alpha value is -0.650. The highest BCUT2D eigenvalue weighted by Crippen LogP contribution is 2.16. The van der Waals surface area contributed by atoms with Crippen LogP contribution in [0.25, 0.3) is 0 Å². The Morgan fingerprint density at radius 1 is 1.73 bits per heavy atom. The summed E-state index contributed by atoms with van der Waals surface area (Å²) >= 11 is 0. The van der Waals surface area contributed by atoms with Gasteiger partial charge in [-0.2, -0.15) is 0 Å². The van der Waals surface area contributed by atoms with Crippen molar-refractivity contribution in [2.45, 2.75) is 31.9 Å². The molecule has 3 atom stereocenters. The van der Waals surface area contributed by atoms with Crippen molar-refractivity contribution in [3.8, 4) is 0 Å². The fourth-order valence-corrected chi connectivity index (χ4v) is 1.55. The molecule has 0 saturated carbocycles. The van der Waals surface area contributed by atoms with Crippen LogP contribution in [0.3, 0.4) is 0 Å². The first kappa shape index (κ1) is 12.4. The lowest BCUT2D eigenvalue weighted by Crippen LogP contribution is -2.48. The van der Waals surface area contributed by atoms with E-state index in [4.69, 9.17) is 9.84 Å². The van der Waals surface area contributed by atoms with Crippen molar-refractivity contribution in [2.75, 3.05) is 19.8 Å². The maximum absolute atomic E-state index is 10.6. The van der Waals surface area contributed by atoms with Gasteiger partial charge in [0.2, 0.25) is 0 Å². The third-order valence-corrected chi connectivity index (χ3v) is 2.90. The lowest BCUT2D eigenvalue weighted by atomic mass is 9.99. The Morgan fingerprint density at radius 2 is 2.40 bits per heavy atom. The van der Waals surface area contributed by atoms with E-state index in [0.29, 0.717) is 12.5 Å². The minimum atomic E-state index is -1.70. The number of carboxylic acid groups (broad SMARTS) is 1. The summed E-state index contributed by atoms with van der Waals surface area (Å²) in [5.74, 6) is -0.792. The number of nitrogens with one attached hydrogen (secondary N) is 1. The van der Waals surface area contributed by atoms with Crippen LogP contribution in [-0.4, -0.2) is 47.6 Å². The number of rotatable bonds is 5. The molecule has 5 nitrogen and oxygen atoms in total. The minimum Gasteiger partial charge on any atom is -0.479 e. The van der Waals surface area contributed by atoms with Crippen molar-refractivity contribution in [2.24, 2.45) is 5.92 Å². The van der Waals surface area contributed by atoms with Crippen molar-refractivity contribution >= 4 is 5.97 Å². The van der Waals surface area contributed by atoms with Crippen LogP contribution in [0, 0.1) is 5.92 Å². The summed E-state index contributed by atoms with van der Waals surface area (Å²) in [6.07, 6.45) is 0.989. The molecule has 1 aliphatic rings. The third-order valence-electron chi connectivity index (χ3n) is 2.90. The standard InChI is InChI=1S/C10H19NO4/c1-7(8-3-4-15-5-8)11-6-10(2,14)9(12)13/h7-8,11,14H,3-6H2,1-2H3,(H,12,13). The molecule has 1 rings (SSSR count). The van der Waals surface area contributed by atoms with Crippen LogP contribution in [0.1, 0.15) is 20.3 Å². The second kappa shape index (κ2) is 4.92. The minimum absolute atomic E-state index is 0.0556. The van der Waals surface area contributed by atoms with Crippen LogP contribution >= 0.6 is 0 Å². The summed E-state index contributed by atoms with van der Waals surface area (Å²) in [6.45, 7) is 4.81. The van der Waals surface area contributed by atoms with E-state index in [1.54, 1.807) is 0 Å². The van der Waals surface area contributed by atoms with Gasteiger partial charge in [0.1, 0.15) is 0 Å². The van der Waals surface area contributed by atoms with Crippen molar-refractivity contribution in [1.29, 1.82) is 0 Å². The normalized spacial score (nSPS) is 27.3. The summed E-state index contributed by atoms with van der Waals surface area (Å²) in [7, 11) is 0. The molecule has 1 aliphatic heterocycles. The summed E-state index contributed by atoms with van der Waals surface area (Å²) < 4.78 is 5.24. The molecule has 0 radical (unpaired) electrons. The number of hydrogen-bond acceptors (Lipinski definition) is 4. The van der Waals surface area contributed by atoms with E-state index in [1.807, 2.05) is 6.92 Å². The van der Waals surface area contributed by atoms with E-state index in [0.717, 1.165) is 13.0 Å². The molecule has 0 aromatic carbocycles. The second-order valence-corrected chi connectivity index (χ2v) is 4.37. The molecule has 88 valence electrons. The highest BCUT2D eigenvalue weighted by molar-refractivity contribution is 5.76. The first-order valence-electron chi connectivity index (χ1n) is 5.20. The quantitative estimate of drug-likeness (QED) is 0.596. The molecule has 0 aromatic rings. The third kappa shape index (κ3) is 3.44. The van der Waals surface area contributed by atoms with Crippen LogP contribution in [0.2, 0.25) is 0 Å². The predicted molar refractivity (Wildman–Crippen MR) is 54.7 cm³/mol.